The van der Waals surface area contributed by atoms with Gasteiger partial charge in [-0.3, -0.25) is 25.0 Å². The molecule has 27 heavy (non-hydrogen) atoms. The summed E-state index contributed by atoms with van der Waals surface area (Å²) in [7, 11) is 0. The van der Waals surface area contributed by atoms with Gasteiger partial charge in [0.15, 0.2) is 0 Å². The topological polar surface area (TPSA) is 82.8 Å². The third kappa shape index (κ3) is 2.80. The molecule has 132 valence electrons. The van der Waals surface area contributed by atoms with Gasteiger partial charge in [0, 0.05) is 35.4 Å². The minimum absolute atomic E-state index is 0.282. The van der Waals surface area contributed by atoms with Crippen molar-refractivity contribution in [1.82, 2.24) is 20.2 Å². The molecule has 0 atom stereocenters. The number of aliphatic imine (C=N–C) groups is 2. The first-order valence-electron chi connectivity index (χ1n) is 8.47. The van der Waals surface area contributed by atoms with Gasteiger partial charge in [0.05, 0.1) is 12.2 Å². The molecule has 0 aliphatic carbocycles. The molecule has 8 heteroatoms. The van der Waals surface area contributed by atoms with Crippen molar-refractivity contribution in [3.63, 3.8) is 0 Å². The van der Waals surface area contributed by atoms with Crippen molar-refractivity contribution in [2.75, 3.05) is 13.1 Å². The van der Waals surface area contributed by atoms with Gasteiger partial charge < -0.3 is 0 Å². The van der Waals surface area contributed by atoms with Crippen molar-refractivity contribution in [2.24, 2.45) is 9.98 Å². The molecule has 1 amide bonds. The number of para-hydroxylation sites is 1. The normalized spacial score (nSPS) is 14.9. The lowest BCUT2D eigenvalue weighted by atomic mass is 10.1. The van der Waals surface area contributed by atoms with E-state index < -0.39 is 0 Å². The summed E-state index contributed by atoms with van der Waals surface area (Å²) >= 11 is 1.42. The number of nitrogens with one attached hydrogen (secondary N) is 1. The highest BCUT2D eigenvalue weighted by Crippen LogP contribution is 2.28. The summed E-state index contributed by atoms with van der Waals surface area (Å²) < 4.78 is 0. The van der Waals surface area contributed by atoms with Crippen molar-refractivity contribution in [1.29, 1.82) is 0 Å². The number of rotatable bonds is 2. The molecule has 0 spiro atoms. The van der Waals surface area contributed by atoms with Crippen LogP contribution in [0.4, 0.5) is 5.69 Å². The van der Waals surface area contributed by atoms with Crippen LogP contribution in [-0.2, 0) is 0 Å². The van der Waals surface area contributed by atoms with Crippen LogP contribution in [0.2, 0.25) is 0 Å². The van der Waals surface area contributed by atoms with E-state index in [4.69, 9.17) is 0 Å². The summed E-state index contributed by atoms with van der Waals surface area (Å²) in [6.45, 7) is 1.38. The van der Waals surface area contributed by atoms with E-state index >= 15 is 0 Å². The summed E-state index contributed by atoms with van der Waals surface area (Å²) in [4.78, 5) is 32.3. The summed E-state index contributed by atoms with van der Waals surface area (Å²) in [5.74, 6) is 1.07. The van der Waals surface area contributed by atoms with E-state index in [9.17, 15) is 4.79 Å². The summed E-state index contributed by atoms with van der Waals surface area (Å²) in [5.41, 5.74) is 3.10. The van der Waals surface area contributed by atoms with Crippen LogP contribution in [0.15, 0.2) is 64.2 Å². The fraction of sp³-hybridized carbons (Fsp3) is 0.105. The van der Waals surface area contributed by atoms with Gasteiger partial charge >= 0.3 is 0 Å². The smallest absolute Gasteiger partial charge is 0.277 e. The van der Waals surface area contributed by atoms with E-state index in [1.165, 1.54) is 11.3 Å². The van der Waals surface area contributed by atoms with Crippen LogP contribution < -0.4 is 5.32 Å². The van der Waals surface area contributed by atoms with Gasteiger partial charge in [-0.15, -0.1) is 11.3 Å². The van der Waals surface area contributed by atoms with E-state index in [0.29, 0.717) is 24.7 Å². The van der Waals surface area contributed by atoms with Gasteiger partial charge in [-0.2, -0.15) is 0 Å². The van der Waals surface area contributed by atoms with Crippen LogP contribution in [0.25, 0.3) is 10.6 Å². The van der Waals surface area contributed by atoms with Gasteiger partial charge in [-0.1, -0.05) is 12.1 Å². The van der Waals surface area contributed by atoms with Crippen LogP contribution in [0.3, 0.4) is 0 Å². The number of fused-ring (bicyclic) bond motifs is 3. The molecule has 7 nitrogen and oxygen atoms in total. The Morgan fingerprint density at radius 2 is 2.00 bits per heavy atom. The Morgan fingerprint density at radius 3 is 2.89 bits per heavy atom. The number of nitrogens with zero attached hydrogens (tertiary/aromatic N) is 5. The quantitative estimate of drug-likeness (QED) is 0.748. The van der Waals surface area contributed by atoms with Crippen molar-refractivity contribution in [2.45, 2.75) is 0 Å². The van der Waals surface area contributed by atoms with Crippen LogP contribution in [-0.4, -0.2) is 45.7 Å². The number of pyridine rings is 1. The molecule has 1 N–H and O–H groups in total. The number of thiazole rings is 1. The molecule has 4 heterocycles. The molecule has 1 aromatic carbocycles. The standard InChI is InChI=1S/C19H14N6OS/c26-17(15-11-27-18(22-15)12-5-7-20-8-6-12)24-19-23-14-4-2-1-3-13(14)16-21-9-10-25(16)19/h1-8,11H,9-10H2,(H,23,24,26). The molecule has 0 bridgehead atoms. The predicted molar refractivity (Wildman–Crippen MR) is 104 cm³/mol. The van der Waals surface area contributed by atoms with Crippen LogP contribution in [0.1, 0.15) is 16.1 Å². The van der Waals surface area contributed by atoms with Crippen LogP contribution >= 0.6 is 11.3 Å². The monoisotopic (exact) mass is 374 g/mol. The Hall–Kier alpha value is -3.39. The Labute approximate surface area is 159 Å². The number of amides is 1. The maximum absolute atomic E-state index is 12.7. The number of benzene rings is 1. The van der Waals surface area contributed by atoms with Gasteiger partial charge in [-0.25, -0.2) is 9.98 Å². The highest BCUT2D eigenvalue weighted by molar-refractivity contribution is 7.13. The first-order chi connectivity index (χ1) is 13.3. The number of amidine groups is 1. The maximum atomic E-state index is 12.7. The average molecular weight is 374 g/mol. The molecule has 2 aromatic heterocycles. The molecule has 0 unspecified atom stereocenters. The third-order valence-corrected chi connectivity index (χ3v) is 5.25. The minimum Gasteiger partial charge on any atom is -0.294 e. The molecule has 0 fully saturated rings. The Bertz CT molecular complexity index is 1090. The number of carbonyl (C=O) groups excluding carboxylic acids is 1. The number of aromatic nitrogens is 2. The van der Waals surface area contributed by atoms with Crippen LogP contribution in [0.5, 0.6) is 0 Å². The fourth-order valence-corrected chi connectivity index (χ4v) is 3.89. The van der Waals surface area contributed by atoms with Gasteiger partial charge in [0.25, 0.3) is 5.91 Å². The van der Waals surface area contributed by atoms with Gasteiger partial charge in [0.2, 0.25) is 5.96 Å². The third-order valence-electron chi connectivity index (χ3n) is 4.36. The molecule has 0 saturated heterocycles. The maximum Gasteiger partial charge on any atom is 0.277 e. The number of guanidine groups is 1. The summed E-state index contributed by atoms with van der Waals surface area (Å²) in [5, 5.41) is 5.43. The molecule has 2 aliphatic heterocycles. The summed E-state index contributed by atoms with van der Waals surface area (Å²) in [6, 6.07) is 11.5. The molecule has 2 aliphatic rings. The molecular formula is C19H14N6OS. The molecule has 0 radical (unpaired) electrons. The van der Waals surface area contributed by atoms with E-state index in [2.05, 4.69) is 25.3 Å². The van der Waals surface area contributed by atoms with Crippen molar-refractivity contribution in [3.05, 3.63) is 65.4 Å². The largest absolute Gasteiger partial charge is 0.294 e. The number of carbonyl (C=O) groups is 1. The summed E-state index contributed by atoms with van der Waals surface area (Å²) in [6.07, 6.45) is 3.41. The minimum atomic E-state index is -0.282. The molecular weight excluding hydrogens is 360 g/mol. The van der Waals surface area contributed by atoms with E-state index in [1.807, 2.05) is 41.3 Å². The van der Waals surface area contributed by atoms with Crippen molar-refractivity contribution >= 4 is 34.7 Å². The first kappa shape index (κ1) is 15.8. The van der Waals surface area contributed by atoms with Gasteiger partial charge in [0.1, 0.15) is 16.5 Å². The Kier molecular flexibility index (Phi) is 3.75. The predicted octanol–water partition coefficient (Wildman–Crippen LogP) is 2.70. The number of hydrogen-bond donors (Lipinski definition) is 1. The van der Waals surface area contributed by atoms with Crippen LogP contribution in [0, 0.1) is 0 Å². The fourth-order valence-electron chi connectivity index (χ4n) is 3.08. The zero-order valence-corrected chi connectivity index (χ0v) is 15.0. The van der Waals surface area contributed by atoms with E-state index in [0.717, 1.165) is 27.7 Å². The second-order valence-corrected chi connectivity index (χ2v) is 6.90. The zero-order valence-electron chi connectivity index (χ0n) is 14.2. The average Bonchev–Trinajstić information content (AvgIpc) is 3.39. The zero-order chi connectivity index (χ0) is 18.2. The molecule has 5 rings (SSSR count). The molecule has 0 saturated carbocycles. The lowest BCUT2D eigenvalue weighted by Crippen LogP contribution is -2.47. The first-order valence-corrected chi connectivity index (χ1v) is 9.35. The second kappa shape index (κ2) is 6.40. The van der Waals surface area contributed by atoms with E-state index in [-0.39, 0.29) is 5.91 Å². The number of hydrogen-bond acceptors (Lipinski definition) is 7. The Balaban J connectivity index is 1.42. The lowest BCUT2D eigenvalue weighted by Gasteiger charge is -2.27. The highest BCUT2D eigenvalue weighted by atomic mass is 32.1. The second-order valence-electron chi connectivity index (χ2n) is 6.04. The lowest BCUT2D eigenvalue weighted by molar-refractivity contribution is 0.0970. The van der Waals surface area contributed by atoms with Crippen molar-refractivity contribution in [3.8, 4) is 10.6 Å². The highest BCUT2D eigenvalue weighted by Gasteiger charge is 2.30. The van der Waals surface area contributed by atoms with E-state index in [1.54, 1.807) is 17.8 Å². The van der Waals surface area contributed by atoms with Gasteiger partial charge in [-0.05, 0) is 24.3 Å². The van der Waals surface area contributed by atoms with Crippen molar-refractivity contribution < 1.29 is 4.79 Å². The Morgan fingerprint density at radius 1 is 1.15 bits per heavy atom. The SMILES string of the molecule is O=C(NC1=Nc2ccccc2C2=NCCN12)c1csc(-c2ccncc2)n1. The molecule has 3 aromatic rings.